The lowest BCUT2D eigenvalue weighted by Gasteiger charge is -2.08. The molecule has 0 spiro atoms. The zero-order valence-corrected chi connectivity index (χ0v) is 12.9. The van der Waals surface area contributed by atoms with Crippen molar-refractivity contribution in [3.8, 4) is 0 Å². The molecule has 0 aliphatic heterocycles. The highest BCUT2D eigenvalue weighted by atomic mass is 35.5. The Balaban J connectivity index is 1.94. The number of nitrogens with one attached hydrogen (secondary N) is 1. The van der Waals surface area contributed by atoms with E-state index in [-0.39, 0.29) is 11.4 Å². The summed E-state index contributed by atoms with van der Waals surface area (Å²) in [6.07, 6.45) is 3.73. The Morgan fingerprint density at radius 3 is 2.82 bits per heavy atom. The van der Waals surface area contributed by atoms with Crippen molar-refractivity contribution in [2.24, 2.45) is 0 Å². The third kappa shape index (κ3) is 4.28. The summed E-state index contributed by atoms with van der Waals surface area (Å²) in [6, 6.07) is 4.87. The Bertz CT molecular complexity index is 763. The average molecular weight is 346 g/mol. The number of sulfonamides is 1. The fourth-order valence-corrected chi connectivity index (χ4v) is 3.02. The second-order valence-corrected chi connectivity index (χ2v) is 6.56. The van der Waals surface area contributed by atoms with Crippen LogP contribution in [0.1, 0.15) is 12.8 Å². The molecule has 6 nitrogen and oxygen atoms in total. The van der Waals surface area contributed by atoms with Gasteiger partial charge in [0.2, 0.25) is 5.91 Å². The van der Waals surface area contributed by atoms with Crippen LogP contribution in [-0.4, -0.2) is 24.1 Å². The normalized spacial score (nSPS) is 11.4. The van der Waals surface area contributed by atoms with E-state index in [1.54, 1.807) is 23.1 Å². The van der Waals surface area contributed by atoms with Crippen LogP contribution in [0.15, 0.2) is 41.6 Å². The summed E-state index contributed by atoms with van der Waals surface area (Å²) >= 11 is 5.56. The number of halogens is 2. The summed E-state index contributed by atoms with van der Waals surface area (Å²) in [5, 5.41) is 4.03. The summed E-state index contributed by atoms with van der Waals surface area (Å²) < 4.78 is 40.9. The lowest BCUT2D eigenvalue weighted by Crippen LogP contribution is -2.31. The fourth-order valence-electron chi connectivity index (χ4n) is 1.78. The number of hydrogen-bond donors (Lipinski definition) is 1. The van der Waals surface area contributed by atoms with Crippen molar-refractivity contribution < 1.29 is 17.6 Å². The van der Waals surface area contributed by atoms with Crippen molar-refractivity contribution in [3.05, 3.63) is 47.5 Å². The summed E-state index contributed by atoms with van der Waals surface area (Å²) in [6.45, 7) is 0.482. The Kier molecular flexibility index (Phi) is 5.15. The molecule has 1 aromatic heterocycles. The molecule has 1 amide bonds. The van der Waals surface area contributed by atoms with Gasteiger partial charge in [-0.3, -0.25) is 9.48 Å². The van der Waals surface area contributed by atoms with Gasteiger partial charge in [0.15, 0.2) is 0 Å². The van der Waals surface area contributed by atoms with Crippen molar-refractivity contribution in [1.29, 1.82) is 0 Å². The number of benzene rings is 1. The minimum Gasteiger partial charge on any atom is -0.274 e. The van der Waals surface area contributed by atoms with Crippen LogP contribution in [0.2, 0.25) is 5.02 Å². The molecule has 1 heterocycles. The highest BCUT2D eigenvalue weighted by Crippen LogP contribution is 2.18. The van der Waals surface area contributed by atoms with Gasteiger partial charge in [0.25, 0.3) is 10.0 Å². The topological polar surface area (TPSA) is 81.1 Å². The predicted octanol–water partition coefficient (Wildman–Crippen LogP) is 1.96. The molecule has 9 heteroatoms. The molecule has 0 saturated carbocycles. The van der Waals surface area contributed by atoms with E-state index < -0.39 is 26.6 Å². The van der Waals surface area contributed by atoms with Crippen LogP contribution in [0.5, 0.6) is 0 Å². The van der Waals surface area contributed by atoms with Crippen LogP contribution in [0.25, 0.3) is 0 Å². The molecule has 1 N–H and O–H groups in total. The van der Waals surface area contributed by atoms with Gasteiger partial charge in [-0.2, -0.15) is 5.10 Å². The van der Waals surface area contributed by atoms with E-state index in [9.17, 15) is 17.6 Å². The maximum absolute atomic E-state index is 13.6. The first-order valence-electron chi connectivity index (χ1n) is 6.36. The van der Waals surface area contributed by atoms with E-state index in [4.69, 9.17) is 11.6 Å². The van der Waals surface area contributed by atoms with E-state index in [2.05, 4.69) is 5.10 Å². The molecule has 0 radical (unpaired) electrons. The molecule has 0 saturated heterocycles. The first kappa shape index (κ1) is 16.4. The van der Waals surface area contributed by atoms with Crippen LogP contribution in [0.4, 0.5) is 4.39 Å². The van der Waals surface area contributed by atoms with Crippen LogP contribution in [0, 0.1) is 5.82 Å². The molecule has 1 aromatic carbocycles. The number of aromatic nitrogens is 2. The molecule has 0 aliphatic rings. The molecule has 0 fully saturated rings. The molecule has 22 heavy (non-hydrogen) atoms. The highest BCUT2D eigenvalue weighted by Gasteiger charge is 2.21. The Morgan fingerprint density at radius 2 is 2.18 bits per heavy atom. The number of carbonyl (C=O) groups is 1. The molecule has 2 aromatic rings. The van der Waals surface area contributed by atoms with E-state index in [1.165, 1.54) is 6.07 Å². The highest BCUT2D eigenvalue weighted by molar-refractivity contribution is 7.90. The fraction of sp³-hybridized carbons (Fsp3) is 0.231. The standard InChI is InChI=1S/C13H13ClFN3O3S/c14-10-4-5-12(11(15)9-10)22(20,21)17-13(19)3-1-7-18-8-2-6-16-18/h2,4-6,8-9H,1,3,7H2,(H,17,19). The third-order valence-electron chi connectivity index (χ3n) is 2.78. The summed E-state index contributed by atoms with van der Waals surface area (Å²) in [7, 11) is -4.25. The number of aryl methyl sites for hydroxylation is 1. The summed E-state index contributed by atoms with van der Waals surface area (Å²) in [4.78, 5) is 11.1. The Morgan fingerprint density at radius 1 is 1.41 bits per heavy atom. The number of rotatable bonds is 6. The first-order valence-corrected chi connectivity index (χ1v) is 8.23. The van der Waals surface area contributed by atoms with Crippen molar-refractivity contribution in [2.75, 3.05) is 0 Å². The number of carbonyl (C=O) groups excluding carboxylic acids is 1. The number of hydrogen-bond acceptors (Lipinski definition) is 4. The maximum atomic E-state index is 13.6. The van der Waals surface area contributed by atoms with Gasteiger partial charge in [0.1, 0.15) is 10.7 Å². The molecule has 0 unspecified atom stereocenters. The van der Waals surface area contributed by atoms with Gasteiger partial charge in [0.05, 0.1) is 0 Å². The monoisotopic (exact) mass is 345 g/mol. The Labute approximate surface area is 131 Å². The first-order chi connectivity index (χ1) is 10.4. The van der Waals surface area contributed by atoms with Gasteiger partial charge < -0.3 is 0 Å². The van der Waals surface area contributed by atoms with Crippen LogP contribution < -0.4 is 4.72 Å². The maximum Gasteiger partial charge on any atom is 0.266 e. The number of nitrogens with zero attached hydrogens (tertiary/aromatic N) is 2. The van der Waals surface area contributed by atoms with Gasteiger partial charge in [-0.15, -0.1) is 0 Å². The number of amides is 1. The van der Waals surface area contributed by atoms with Crippen molar-refractivity contribution in [3.63, 3.8) is 0 Å². The third-order valence-corrected chi connectivity index (χ3v) is 4.42. The van der Waals surface area contributed by atoms with Crippen molar-refractivity contribution in [2.45, 2.75) is 24.3 Å². The molecule has 0 atom stereocenters. The minimum atomic E-state index is -4.25. The van der Waals surface area contributed by atoms with E-state index >= 15 is 0 Å². The van der Waals surface area contributed by atoms with E-state index in [0.29, 0.717) is 13.0 Å². The molecule has 2 rings (SSSR count). The van der Waals surface area contributed by atoms with E-state index in [1.807, 2.05) is 4.72 Å². The van der Waals surface area contributed by atoms with Crippen LogP contribution in [0.3, 0.4) is 0 Å². The summed E-state index contributed by atoms with van der Waals surface area (Å²) in [5.74, 6) is -1.72. The zero-order chi connectivity index (χ0) is 16.2. The summed E-state index contributed by atoms with van der Waals surface area (Å²) in [5.41, 5.74) is 0. The van der Waals surface area contributed by atoms with E-state index in [0.717, 1.165) is 12.1 Å². The molecule has 0 aliphatic carbocycles. The predicted molar refractivity (Wildman–Crippen MR) is 78.2 cm³/mol. The van der Waals surface area contributed by atoms with Crippen LogP contribution in [-0.2, 0) is 21.4 Å². The van der Waals surface area contributed by atoms with Crippen molar-refractivity contribution >= 4 is 27.5 Å². The molecular weight excluding hydrogens is 333 g/mol. The zero-order valence-electron chi connectivity index (χ0n) is 11.4. The molecule has 0 bridgehead atoms. The van der Waals surface area contributed by atoms with Crippen LogP contribution >= 0.6 is 11.6 Å². The van der Waals surface area contributed by atoms with Crippen molar-refractivity contribution in [1.82, 2.24) is 14.5 Å². The average Bonchev–Trinajstić information content (AvgIpc) is 2.90. The SMILES string of the molecule is O=C(CCCn1cccn1)NS(=O)(=O)c1ccc(Cl)cc1F. The quantitative estimate of drug-likeness (QED) is 0.867. The van der Waals surface area contributed by atoms with Gasteiger partial charge in [-0.1, -0.05) is 11.6 Å². The van der Waals surface area contributed by atoms with Gasteiger partial charge in [0, 0.05) is 30.4 Å². The largest absolute Gasteiger partial charge is 0.274 e. The minimum absolute atomic E-state index is 0.0195. The van der Waals surface area contributed by atoms with Gasteiger partial charge >= 0.3 is 0 Å². The lowest BCUT2D eigenvalue weighted by atomic mass is 10.3. The smallest absolute Gasteiger partial charge is 0.266 e. The second kappa shape index (κ2) is 6.89. The van der Waals surface area contributed by atoms with Gasteiger partial charge in [-0.05, 0) is 30.7 Å². The Hall–Kier alpha value is -1.93. The second-order valence-electron chi connectivity index (χ2n) is 4.48. The molecule has 118 valence electrons. The molecular formula is C13H13ClFN3O3S. The lowest BCUT2D eigenvalue weighted by molar-refractivity contribution is -0.119. The van der Waals surface area contributed by atoms with Gasteiger partial charge in [-0.25, -0.2) is 17.5 Å².